The Kier molecular flexibility index (Phi) is 4.90. The quantitative estimate of drug-likeness (QED) is 0.598. The van der Waals surface area contributed by atoms with E-state index in [-0.39, 0.29) is 17.2 Å². The number of carbonyl (C=O) groups excluding carboxylic acids is 1. The number of rotatable bonds is 4. The zero-order valence-corrected chi connectivity index (χ0v) is 13.9. The van der Waals surface area contributed by atoms with E-state index in [9.17, 15) is 14.9 Å². The molecule has 0 bridgehead atoms. The number of thiophene rings is 1. The summed E-state index contributed by atoms with van der Waals surface area (Å²) in [6.07, 6.45) is 0. The van der Waals surface area contributed by atoms with Crippen LogP contribution in [-0.4, -0.2) is 10.8 Å². The van der Waals surface area contributed by atoms with Crippen LogP contribution in [-0.2, 0) is 6.54 Å². The van der Waals surface area contributed by atoms with Gasteiger partial charge in [0, 0.05) is 26.4 Å². The molecule has 1 amide bonds. The Bertz CT molecular complexity index is 672. The molecule has 5 nitrogen and oxygen atoms in total. The molecule has 8 heteroatoms. The standard InChI is InChI=1S/C12H8Br2N2O3S/c13-8-4-9(20-6-8)5-15-12(17)7-1-2-10(14)11(3-7)16(18)19/h1-4,6H,5H2,(H,15,17). The van der Waals surface area contributed by atoms with E-state index in [1.54, 1.807) is 0 Å². The summed E-state index contributed by atoms with van der Waals surface area (Å²) in [4.78, 5) is 23.2. The number of benzene rings is 1. The molecule has 2 rings (SSSR count). The van der Waals surface area contributed by atoms with Crippen molar-refractivity contribution >= 4 is 54.8 Å². The second kappa shape index (κ2) is 6.47. The van der Waals surface area contributed by atoms with Gasteiger partial charge in [-0.15, -0.1) is 11.3 Å². The van der Waals surface area contributed by atoms with E-state index >= 15 is 0 Å². The minimum atomic E-state index is -0.531. The Morgan fingerprint density at radius 2 is 2.10 bits per heavy atom. The molecule has 1 heterocycles. The van der Waals surface area contributed by atoms with Gasteiger partial charge in [0.05, 0.1) is 15.9 Å². The summed E-state index contributed by atoms with van der Waals surface area (Å²) in [5.41, 5.74) is 0.132. The minimum Gasteiger partial charge on any atom is -0.347 e. The molecule has 0 saturated carbocycles. The second-order valence-electron chi connectivity index (χ2n) is 3.84. The van der Waals surface area contributed by atoms with Crippen molar-refractivity contribution in [3.8, 4) is 0 Å². The van der Waals surface area contributed by atoms with E-state index in [0.717, 1.165) is 9.35 Å². The molecule has 1 N–H and O–H groups in total. The average molecular weight is 420 g/mol. The maximum Gasteiger partial charge on any atom is 0.284 e. The Morgan fingerprint density at radius 1 is 1.35 bits per heavy atom. The molecule has 1 aromatic heterocycles. The van der Waals surface area contributed by atoms with Crippen LogP contribution in [0.3, 0.4) is 0 Å². The normalized spacial score (nSPS) is 10.3. The van der Waals surface area contributed by atoms with Gasteiger partial charge in [-0.2, -0.15) is 0 Å². The van der Waals surface area contributed by atoms with Crippen LogP contribution in [0.2, 0.25) is 0 Å². The summed E-state index contributed by atoms with van der Waals surface area (Å²) in [7, 11) is 0. The second-order valence-corrected chi connectivity index (χ2v) is 6.60. The van der Waals surface area contributed by atoms with Crippen LogP contribution in [0, 0.1) is 10.1 Å². The molecule has 0 atom stereocenters. The fraction of sp³-hybridized carbons (Fsp3) is 0.0833. The molecule has 1 aromatic carbocycles. The van der Waals surface area contributed by atoms with Gasteiger partial charge < -0.3 is 5.32 Å². The molecule has 0 aliphatic carbocycles. The lowest BCUT2D eigenvalue weighted by Crippen LogP contribution is -2.22. The molecular weight excluding hydrogens is 412 g/mol. The van der Waals surface area contributed by atoms with Crippen molar-refractivity contribution in [2.24, 2.45) is 0 Å². The molecule has 2 aromatic rings. The third-order valence-corrected chi connectivity index (χ3v) is 4.82. The number of nitrogens with zero attached hydrogens (tertiary/aromatic N) is 1. The van der Waals surface area contributed by atoms with Gasteiger partial charge in [-0.1, -0.05) is 0 Å². The fourth-order valence-corrected chi connectivity index (χ4v) is 3.29. The minimum absolute atomic E-state index is 0.128. The third-order valence-electron chi connectivity index (χ3n) is 2.45. The number of hydrogen-bond acceptors (Lipinski definition) is 4. The highest BCUT2D eigenvalue weighted by molar-refractivity contribution is 9.10. The number of halogens is 2. The highest BCUT2D eigenvalue weighted by Crippen LogP contribution is 2.25. The molecule has 0 spiro atoms. The summed E-state index contributed by atoms with van der Waals surface area (Å²) in [5, 5.41) is 15.5. The van der Waals surface area contributed by atoms with Crippen LogP contribution in [0.25, 0.3) is 0 Å². The van der Waals surface area contributed by atoms with Crippen LogP contribution in [0.15, 0.2) is 38.6 Å². The average Bonchev–Trinajstić information content (AvgIpc) is 2.82. The number of amides is 1. The van der Waals surface area contributed by atoms with Gasteiger partial charge in [-0.05, 0) is 50.1 Å². The summed E-state index contributed by atoms with van der Waals surface area (Å²) >= 11 is 7.94. The van der Waals surface area contributed by atoms with Gasteiger partial charge in [-0.25, -0.2) is 0 Å². The monoisotopic (exact) mass is 418 g/mol. The third kappa shape index (κ3) is 3.65. The summed E-state index contributed by atoms with van der Waals surface area (Å²) in [5.74, 6) is -0.342. The van der Waals surface area contributed by atoms with Crippen LogP contribution >= 0.6 is 43.2 Å². The summed E-state index contributed by atoms with van der Waals surface area (Å²) in [6.45, 7) is 0.388. The van der Waals surface area contributed by atoms with Crippen LogP contribution < -0.4 is 5.32 Å². The van der Waals surface area contributed by atoms with Gasteiger partial charge in [0.1, 0.15) is 0 Å². The van der Waals surface area contributed by atoms with E-state index in [1.165, 1.54) is 29.5 Å². The van der Waals surface area contributed by atoms with E-state index in [1.807, 2.05) is 11.4 Å². The van der Waals surface area contributed by atoms with E-state index < -0.39 is 4.92 Å². The van der Waals surface area contributed by atoms with Gasteiger partial charge in [-0.3, -0.25) is 14.9 Å². The Hall–Kier alpha value is -1.25. The van der Waals surface area contributed by atoms with Crippen molar-refractivity contribution < 1.29 is 9.72 Å². The lowest BCUT2D eigenvalue weighted by Gasteiger charge is -2.04. The molecule has 104 valence electrons. The largest absolute Gasteiger partial charge is 0.347 e. The molecule has 20 heavy (non-hydrogen) atoms. The maximum atomic E-state index is 12.0. The van der Waals surface area contributed by atoms with Crippen molar-refractivity contribution in [3.05, 3.63) is 59.1 Å². The number of hydrogen-bond donors (Lipinski definition) is 1. The first kappa shape index (κ1) is 15.1. The first-order chi connectivity index (χ1) is 9.47. The van der Waals surface area contributed by atoms with Crippen molar-refractivity contribution in [1.82, 2.24) is 5.32 Å². The van der Waals surface area contributed by atoms with Crippen LogP contribution in [0.1, 0.15) is 15.2 Å². The van der Waals surface area contributed by atoms with Crippen molar-refractivity contribution in [2.75, 3.05) is 0 Å². The van der Waals surface area contributed by atoms with E-state index in [0.29, 0.717) is 11.0 Å². The van der Waals surface area contributed by atoms with Crippen molar-refractivity contribution in [3.63, 3.8) is 0 Å². The molecule has 0 fully saturated rings. The number of nitro groups is 1. The SMILES string of the molecule is O=C(NCc1cc(Br)cs1)c1ccc(Br)c([N+](=O)[O-])c1. The first-order valence-electron chi connectivity index (χ1n) is 5.42. The van der Waals surface area contributed by atoms with Gasteiger partial charge in [0.15, 0.2) is 0 Å². The van der Waals surface area contributed by atoms with Crippen LogP contribution in [0.5, 0.6) is 0 Å². The van der Waals surface area contributed by atoms with Gasteiger partial charge >= 0.3 is 0 Å². The van der Waals surface area contributed by atoms with Gasteiger partial charge in [0.2, 0.25) is 0 Å². The smallest absolute Gasteiger partial charge is 0.284 e. The molecular formula is C12H8Br2N2O3S. The zero-order chi connectivity index (χ0) is 14.7. The van der Waals surface area contributed by atoms with E-state index in [4.69, 9.17) is 0 Å². The highest BCUT2D eigenvalue weighted by Gasteiger charge is 2.15. The zero-order valence-electron chi connectivity index (χ0n) is 9.93. The Morgan fingerprint density at radius 3 is 2.70 bits per heavy atom. The predicted octanol–water partition coefficient (Wildman–Crippen LogP) is 4.11. The number of carbonyl (C=O) groups is 1. The Balaban J connectivity index is 2.09. The van der Waals surface area contributed by atoms with Crippen molar-refractivity contribution in [1.29, 1.82) is 0 Å². The molecule has 0 radical (unpaired) electrons. The lowest BCUT2D eigenvalue weighted by molar-refractivity contribution is -0.385. The number of nitrogens with one attached hydrogen (secondary N) is 1. The first-order valence-corrected chi connectivity index (χ1v) is 7.89. The topological polar surface area (TPSA) is 72.2 Å². The molecule has 0 unspecified atom stereocenters. The molecule has 0 aliphatic heterocycles. The molecule has 0 aliphatic rings. The summed E-state index contributed by atoms with van der Waals surface area (Å²) in [6, 6.07) is 6.20. The van der Waals surface area contributed by atoms with Gasteiger partial charge in [0.25, 0.3) is 11.6 Å². The number of nitro benzene ring substituents is 1. The predicted molar refractivity (Wildman–Crippen MR) is 84.0 cm³/mol. The summed E-state index contributed by atoms with van der Waals surface area (Å²) < 4.78 is 1.31. The van der Waals surface area contributed by atoms with Crippen molar-refractivity contribution in [2.45, 2.75) is 6.54 Å². The maximum absolute atomic E-state index is 12.0. The van der Waals surface area contributed by atoms with Crippen LogP contribution in [0.4, 0.5) is 5.69 Å². The Labute approximate surface area is 135 Å². The highest BCUT2D eigenvalue weighted by atomic mass is 79.9. The molecule has 0 saturated heterocycles. The lowest BCUT2D eigenvalue weighted by atomic mass is 10.2. The van der Waals surface area contributed by atoms with E-state index in [2.05, 4.69) is 37.2 Å². The fourth-order valence-electron chi connectivity index (χ4n) is 1.51.